The van der Waals surface area contributed by atoms with E-state index in [0.29, 0.717) is 0 Å². The number of hydrogen-bond donors (Lipinski definition) is 2. The minimum atomic E-state index is -0.928. The lowest BCUT2D eigenvalue weighted by Gasteiger charge is -2.11. The van der Waals surface area contributed by atoms with Crippen molar-refractivity contribution in [2.24, 2.45) is 0 Å². The summed E-state index contributed by atoms with van der Waals surface area (Å²) in [5.74, 6) is 0.244. The van der Waals surface area contributed by atoms with Crippen molar-refractivity contribution in [3.63, 3.8) is 0 Å². The first-order valence-electron chi connectivity index (χ1n) is 5.18. The summed E-state index contributed by atoms with van der Waals surface area (Å²) >= 11 is 0. The van der Waals surface area contributed by atoms with Crippen LogP contribution in [0.4, 0.5) is 0 Å². The van der Waals surface area contributed by atoms with Crippen LogP contribution in [0, 0.1) is 0 Å². The number of hydrogen-bond acceptors (Lipinski definition) is 2. The van der Waals surface area contributed by atoms with Crippen LogP contribution in [0.25, 0.3) is 5.57 Å². The zero-order valence-corrected chi connectivity index (χ0v) is 9.09. The summed E-state index contributed by atoms with van der Waals surface area (Å²) in [5.41, 5.74) is 0.719. The van der Waals surface area contributed by atoms with Crippen LogP contribution in [-0.2, 0) is 0 Å². The number of phenolic OH excluding ortho intramolecular Hbond substituents is 1. The third-order valence-electron chi connectivity index (χ3n) is 2.52. The number of aliphatic hydroxyl groups is 1. The van der Waals surface area contributed by atoms with Gasteiger partial charge in [-0.15, -0.1) is 0 Å². The van der Waals surface area contributed by atoms with Crippen molar-refractivity contribution in [1.82, 2.24) is 0 Å². The highest BCUT2D eigenvalue weighted by Gasteiger charge is 2.13. The molecule has 16 heavy (non-hydrogen) atoms. The molecule has 1 aromatic carbocycles. The van der Waals surface area contributed by atoms with Gasteiger partial charge in [0, 0.05) is 5.56 Å². The number of benzene rings is 1. The Hall–Kier alpha value is -1.80. The van der Waals surface area contributed by atoms with Crippen molar-refractivity contribution >= 4 is 5.57 Å². The summed E-state index contributed by atoms with van der Waals surface area (Å²) in [6.45, 7) is 1.71. The molecule has 1 atom stereocenters. The van der Waals surface area contributed by atoms with Crippen molar-refractivity contribution in [2.45, 2.75) is 12.5 Å². The average Bonchev–Trinajstić information content (AvgIpc) is 2.40. The summed E-state index contributed by atoms with van der Waals surface area (Å²) in [4.78, 5) is 0. The zero-order valence-electron chi connectivity index (χ0n) is 9.09. The molecule has 1 aliphatic carbocycles. The lowest BCUT2D eigenvalue weighted by atomic mass is 10.0. The summed E-state index contributed by atoms with van der Waals surface area (Å²) in [7, 11) is 0. The molecule has 0 radical (unpaired) electrons. The van der Waals surface area contributed by atoms with Crippen LogP contribution >= 0.6 is 0 Å². The van der Waals surface area contributed by atoms with Gasteiger partial charge in [-0.3, -0.25) is 0 Å². The molecule has 0 aliphatic heterocycles. The molecule has 0 heterocycles. The topological polar surface area (TPSA) is 40.5 Å². The molecule has 0 fully saturated rings. The van der Waals surface area contributed by atoms with E-state index in [-0.39, 0.29) is 5.75 Å². The van der Waals surface area contributed by atoms with Gasteiger partial charge in [0.25, 0.3) is 0 Å². The first kappa shape index (κ1) is 10.7. The summed E-state index contributed by atoms with van der Waals surface area (Å²) < 4.78 is 0. The molecular formula is C14H14O2. The average molecular weight is 214 g/mol. The Bertz CT molecular complexity index is 479. The van der Waals surface area contributed by atoms with Gasteiger partial charge in [-0.05, 0) is 30.7 Å². The molecule has 82 valence electrons. The van der Waals surface area contributed by atoms with Crippen molar-refractivity contribution in [2.75, 3.05) is 0 Å². The fraction of sp³-hybridized carbons (Fsp3) is 0.143. The van der Waals surface area contributed by atoms with Gasteiger partial charge in [-0.1, -0.05) is 36.4 Å². The van der Waals surface area contributed by atoms with Gasteiger partial charge in [-0.25, -0.2) is 0 Å². The van der Waals surface area contributed by atoms with Crippen LogP contribution < -0.4 is 0 Å². The Morgan fingerprint density at radius 2 is 1.88 bits per heavy atom. The molecule has 0 bridgehead atoms. The maximum absolute atomic E-state index is 9.82. The van der Waals surface area contributed by atoms with E-state index in [1.807, 2.05) is 24.3 Å². The number of phenols is 1. The Kier molecular flexibility index (Phi) is 2.67. The Morgan fingerprint density at radius 1 is 1.12 bits per heavy atom. The first-order valence-corrected chi connectivity index (χ1v) is 5.18. The quantitative estimate of drug-likeness (QED) is 0.754. The Morgan fingerprint density at radius 3 is 2.62 bits per heavy atom. The van der Waals surface area contributed by atoms with Crippen LogP contribution in [0.15, 0.2) is 54.6 Å². The standard InChI is InChI=1S/C14H14O2/c1-14(16)9-4-5-11(8-10-14)12-6-2-3-7-13(12)15/h2-10,15-16H,1H3. The first-order chi connectivity index (χ1) is 7.58. The maximum Gasteiger partial charge on any atom is 0.123 e. The molecule has 2 heteroatoms. The number of rotatable bonds is 1. The molecule has 0 spiro atoms. The summed E-state index contributed by atoms with van der Waals surface area (Å²) in [6.07, 6.45) is 8.88. The van der Waals surface area contributed by atoms with Gasteiger partial charge in [0.05, 0.1) is 5.60 Å². The van der Waals surface area contributed by atoms with Crippen LogP contribution in [0.1, 0.15) is 12.5 Å². The number of aromatic hydroxyl groups is 1. The Labute approximate surface area is 94.9 Å². The van der Waals surface area contributed by atoms with E-state index in [9.17, 15) is 10.2 Å². The van der Waals surface area contributed by atoms with Crippen molar-refractivity contribution in [1.29, 1.82) is 0 Å². The van der Waals surface area contributed by atoms with E-state index < -0.39 is 5.60 Å². The molecule has 1 unspecified atom stereocenters. The number of para-hydroxylation sites is 1. The van der Waals surface area contributed by atoms with Gasteiger partial charge in [0.15, 0.2) is 0 Å². The zero-order chi connectivity index (χ0) is 11.6. The molecule has 2 N–H and O–H groups in total. The van der Waals surface area contributed by atoms with Crippen LogP contribution in [0.3, 0.4) is 0 Å². The largest absolute Gasteiger partial charge is 0.507 e. The highest BCUT2D eigenvalue weighted by molar-refractivity contribution is 5.79. The Balaban J connectivity index is 2.41. The van der Waals surface area contributed by atoms with E-state index in [0.717, 1.165) is 11.1 Å². The molecule has 0 saturated carbocycles. The van der Waals surface area contributed by atoms with Gasteiger partial charge in [0.1, 0.15) is 5.75 Å². The lowest BCUT2D eigenvalue weighted by molar-refractivity contribution is 0.164. The summed E-state index contributed by atoms with van der Waals surface area (Å²) in [5, 5.41) is 19.5. The van der Waals surface area contributed by atoms with Crippen LogP contribution in [0.5, 0.6) is 5.75 Å². The molecule has 2 nitrogen and oxygen atoms in total. The second-order valence-electron chi connectivity index (χ2n) is 4.06. The van der Waals surface area contributed by atoms with E-state index in [1.54, 1.807) is 37.3 Å². The highest BCUT2D eigenvalue weighted by atomic mass is 16.3. The third kappa shape index (κ3) is 2.23. The molecule has 2 rings (SSSR count). The van der Waals surface area contributed by atoms with E-state index in [4.69, 9.17) is 0 Å². The van der Waals surface area contributed by atoms with Crippen LogP contribution in [0.2, 0.25) is 0 Å². The monoisotopic (exact) mass is 214 g/mol. The molecular weight excluding hydrogens is 200 g/mol. The number of allylic oxidation sites excluding steroid dienone is 4. The minimum absolute atomic E-state index is 0.244. The predicted octanol–water partition coefficient (Wildman–Crippen LogP) is 2.65. The van der Waals surface area contributed by atoms with Gasteiger partial charge < -0.3 is 10.2 Å². The lowest BCUT2D eigenvalue weighted by Crippen LogP contribution is -2.15. The summed E-state index contributed by atoms with van der Waals surface area (Å²) in [6, 6.07) is 7.15. The van der Waals surface area contributed by atoms with Gasteiger partial charge >= 0.3 is 0 Å². The van der Waals surface area contributed by atoms with Crippen molar-refractivity contribution in [3.8, 4) is 5.75 Å². The SMILES string of the molecule is CC1(O)C=CC=C(c2ccccc2O)C=C1. The van der Waals surface area contributed by atoms with Gasteiger partial charge in [0.2, 0.25) is 0 Å². The molecule has 0 saturated heterocycles. The van der Waals surface area contributed by atoms with E-state index in [1.165, 1.54) is 0 Å². The van der Waals surface area contributed by atoms with Crippen molar-refractivity contribution in [3.05, 3.63) is 60.2 Å². The fourth-order valence-corrected chi connectivity index (χ4v) is 1.61. The second kappa shape index (κ2) is 3.99. The van der Waals surface area contributed by atoms with E-state index >= 15 is 0 Å². The highest BCUT2D eigenvalue weighted by Crippen LogP contribution is 2.28. The normalized spacial score (nSPS) is 24.0. The van der Waals surface area contributed by atoms with Crippen LogP contribution in [-0.4, -0.2) is 15.8 Å². The van der Waals surface area contributed by atoms with Gasteiger partial charge in [-0.2, -0.15) is 0 Å². The predicted molar refractivity (Wildman–Crippen MR) is 65.0 cm³/mol. The maximum atomic E-state index is 9.82. The molecule has 0 aromatic heterocycles. The molecule has 0 amide bonds. The third-order valence-corrected chi connectivity index (χ3v) is 2.52. The molecule has 1 aliphatic rings. The molecule has 1 aromatic rings. The fourth-order valence-electron chi connectivity index (χ4n) is 1.61. The van der Waals surface area contributed by atoms with Crippen molar-refractivity contribution < 1.29 is 10.2 Å². The van der Waals surface area contributed by atoms with E-state index in [2.05, 4.69) is 0 Å². The second-order valence-corrected chi connectivity index (χ2v) is 4.06. The smallest absolute Gasteiger partial charge is 0.123 e. The minimum Gasteiger partial charge on any atom is -0.507 e.